The summed E-state index contributed by atoms with van der Waals surface area (Å²) in [5, 5.41) is 0. The van der Waals surface area contributed by atoms with Gasteiger partial charge in [-0.2, -0.15) is 0 Å². The number of ether oxygens (including phenoxy) is 1. The fourth-order valence-electron chi connectivity index (χ4n) is 6.23. The molecule has 4 rings (SSSR count). The highest BCUT2D eigenvalue weighted by Gasteiger charge is 2.38. The number of nitrogens with zero attached hydrogens (tertiary/aromatic N) is 3. The van der Waals surface area contributed by atoms with Crippen LogP contribution < -0.4 is 4.74 Å². The molecule has 9 heteroatoms. The van der Waals surface area contributed by atoms with Crippen molar-refractivity contribution in [1.82, 2.24) is 14.1 Å². The van der Waals surface area contributed by atoms with E-state index in [4.69, 9.17) is 4.74 Å². The molecule has 37 heavy (non-hydrogen) atoms. The minimum absolute atomic E-state index is 0.0139. The van der Waals surface area contributed by atoms with E-state index in [1.165, 1.54) is 16.1 Å². The molecule has 0 radical (unpaired) electrons. The highest BCUT2D eigenvalue weighted by molar-refractivity contribution is 7.88. The SMILES string of the molecule is CC(=O)N1CCC2(CCCCc3ccccc3OCCN(C(=O)CC3CCN(S(C)(=O)=O)CC3)C2)CC1. The quantitative estimate of drug-likeness (QED) is 0.595. The van der Waals surface area contributed by atoms with Gasteiger partial charge >= 0.3 is 0 Å². The molecule has 206 valence electrons. The third-order valence-electron chi connectivity index (χ3n) is 8.65. The Hall–Kier alpha value is -2.13. The molecule has 2 fully saturated rings. The predicted octanol–water partition coefficient (Wildman–Crippen LogP) is 3.31. The molecule has 0 N–H and O–H groups in total. The molecule has 1 spiro atoms. The van der Waals surface area contributed by atoms with Crippen molar-refractivity contribution < 1.29 is 22.7 Å². The number of carbonyl (C=O) groups excluding carboxylic acids is 2. The highest BCUT2D eigenvalue weighted by Crippen LogP contribution is 2.39. The number of carbonyl (C=O) groups is 2. The summed E-state index contributed by atoms with van der Waals surface area (Å²) in [6.45, 7) is 5.80. The standard InChI is InChI=1S/C28H43N3O5S/c1-23(32)29-17-13-28(14-18-29)12-6-5-8-25-7-3-4-9-26(25)36-20-19-30(22-28)27(33)21-24-10-15-31(16-11-24)37(2,34)35/h3-4,7,9,24H,5-6,8,10-22H2,1-2H3. The van der Waals surface area contributed by atoms with Gasteiger partial charge in [0.25, 0.3) is 0 Å². The third kappa shape index (κ3) is 7.47. The molecule has 0 unspecified atom stereocenters. The number of likely N-dealkylation sites (tertiary alicyclic amines) is 1. The number of aryl methyl sites for hydroxylation is 1. The maximum absolute atomic E-state index is 13.7. The van der Waals surface area contributed by atoms with Gasteiger partial charge in [-0.25, -0.2) is 12.7 Å². The van der Waals surface area contributed by atoms with Crippen molar-refractivity contribution in [3.05, 3.63) is 29.8 Å². The van der Waals surface area contributed by atoms with E-state index in [2.05, 4.69) is 12.1 Å². The first kappa shape index (κ1) is 27.9. The van der Waals surface area contributed by atoms with Crippen LogP contribution in [0.5, 0.6) is 5.75 Å². The lowest BCUT2D eigenvalue weighted by Crippen LogP contribution is -2.50. The van der Waals surface area contributed by atoms with Gasteiger partial charge in [0.1, 0.15) is 12.4 Å². The summed E-state index contributed by atoms with van der Waals surface area (Å²) in [6, 6.07) is 8.20. The summed E-state index contributed by atoms with van der Waals surface area (Å²) in [6.07, 6.45) is 9.17. The molecular weight excluding hydrogens is 490 g/mol. The molecule has 3 aliphatic heterocycles. The number of hydrogen-bond acceptors (Lipinski definition) is 5. The van der Waals surface area contributed by atoms with Crippen LogP contribution in [0.4, 0.5) is 0 Å². The van der Waals surface area contributed by atoms with E-state index < -0.39 is 10.0 Å². The van der Waals surface area contributed by atoms with Gasteiger partial charge in [-0.05, 0) is 67.9 Å². The van der Waals surface area contributed by atoms with Gasteiger partial charge in [0.15, 0.2) is 0 Å². The zero-order valence-electron chi connectivity index (χ0n) is 22.5. The number of piperidine rings is 2. The fraction of sp³-hybridized carbons (Fsp3) is 0.714. The lowest BCUT2D eigenvalue weighted by Gasteiger charge is -2.45. The molecular formula is C28H43N3O5S. The molecule has 3 aliphatic rings. The van der Waals surface area contributed by atoms with Crippen LogP contribution >= 0.6 is 0 Å². The minimum Gasteiger partial charge on any atom is -0.491 e. The molecule has 2 amide bonds. The van der Waals surface area contributed by atoms with E-state index in [0.29, 0.717) is 39.2 Å². The summed E-state index contributed by atoms with van der Waals surface area (Å²) in [4.78, 5) is 29.6. The number of rotatable bonds is 3. The lowest BCUT2D eigenvalue weighted by atomic mass is 9.73. The number of para-hydroxylation sites is 1. The van der Waals surface area contributed by atoms with E-state index in [0.717, 1.165) is 70.2 Å². The number of amides is 2. The number of fused-ring (bicyclic) bond motifs is 1. The van der Waals surface area contributed by atoms with Crippen molar-refractivity contribution in [2.75, 3.05) is 52.1 Å². The van der Waals surface area contributed by atoms with Crippen LogP contribution in [0.1, 0.15) is 63.9 Å². The van der Waals surface area contributed by atoms with E-state index in [-0.39, 0.29) is 23.1 Å². The van der Waals surface area contributed by atoms with Crippen molar-refractivity contribution in [3.63, 3.8) is 0 Å². The van der Waals surface area contributed by atoms with Crippen molar-refractivity contribution in [2.45, 2.75) is 64.7 Å². The van der Waals surface area contributed by atoms with E-state index in [9.17, 15) is 18.0 Å². The van der Waals surface area contributed by atoms with E-state index in [1.54, 1.807) is 6.92 Å². The van der Waals surface area contributed by atoms with Gasteiger partial charge < -0.3 is 14.5 Å². The van der Waals surface area contributed by atoms with Crippen LogP contribution in [0.15, 0.2) is 24.3 Å². The molecule has 0 aromatic heterocycles. The predicted molar refractivity (Wildman–Crippen MR) is 144 cm³/mol. The van der Waals surface area contributed by atoms with Crippen LogP contribution in [0, 0.1) is 11.3 Å². The van der Waals surface area contributed by atoms with Gasteiger partial charge in [-0.1, -0.05) is 24.6 Å². The van der Waals surface area contributed by atoms with Crippen LogP contribution in [-0.2, 0) is 26.0 Å². The summed E-state index contributed by atoms with van der Waals surface area (Å²) >= 11 is 0. The second-order valence-corrected chi connectivity index (χ2v) is 13.3. The maximum Gasteiger partial charge on any atom is 0.222 e. The molecule has 2 saturated heterocycles. The Labute approximate surface area is 222 Å². The first-order valence-electron chi connectivity index (χ1n) is 13.8. The van der Waals surface area contributed by atoms with Crippen LogP contribution in [-0.4, -0.2) is 86.5 Å². The average Bonchev–Trinajstić information content (AvgIpc) is 2.86. The Balaban J connectivity index is 1.47. The first-order chi connectivity index (χ1) is 17.7. The monoisotopic (exact) mass is 533 g/mol. The second kappa shape index (κ2) is 12.2. The summed E-state index contributed by atoms with van der Waals surface area (Å²) in [7, 11) is -3.18. The van der Waals surface area contributed by atoms with Gasteiger partial charge in [0, 0.05) is 46.1 Å². The third-order valence-corrected chi connectivity index (χ3v) is 9.95. The Morgan fingerprint density at radius 3 is 2.35 bits per heavy atom. The summed E-state index contributed by atoms with van der Waals surface area (Å²) in [5.41, 5.74) is 1.24. The molecule has 3 heterocycles. The fourth-order valence-corrected chi connectivity index (χ4v) is 7.11. The molecule has 1 aromatic rings. The Kier molecular flexibility index (Phi) is 9.16. The first-order valence-corrected chi connectivity index (χ1v) is 15.7. The average molecular weight is 534 g/mol. The lowest BCUT2D eigenvalue weighted by molar-refractivity contribution is -0.137. The number of sulfonamides is 1. The molecule has 0 saturated carbocycles. The summed E-state index contributed by atoms with van der Waals surface area (Å²) in [5.74, 6) is 1.37. The maximum atomic E-state index is 13.7. The zero-order valence-corrected chi connectivity index (χ0v) is 23.3. The number of benzene rings is 1. The van der Waals surface area contributed by atoms with Crippen molar-refractivity contribution in [3.8, 4) is 5.75 Å². The molecule has 1 aromatic carbocycles. The van der Waals surface area contributed by atoms with Gasteiger partial charge in [0.05, 0.1) is 12.8 Å². The molecule has 0 bridgehead atoms. The molecule has 0 aliphatic carbocycles. The normalized spacial score (nSPS) is 22.4. The van der Waals surface area contributed by atoms with Crippen molar-refractivity contribution in [2.24, 2.45) is 11.3 Å². The van der Waals surface area contributed by atoms with Crippen molar-refractivity contribution >= 4 is 21.8 Å². The van der Waals surface area contributed by atoms with Crippen molar-refractivity contribution in [1.29, 1.82) is 0 Å². The minimum atomic E-state index is -3.18. The van der Waals surface area contributed by atoms with Crippen LogP contribution in [0.3, 0.4) is 0 Å². The second-order valence-electron chi connectivity index (χ2n) is 11.3. The largest absolute Gasteiger partial charge is 0.491 e. The molecule has 0 atom stereocenters. The van der Waals surface area contributed by atoms with Crippen LogP contribution in [0.25, 0.3) is 0 Å². The van der Waals surface area contributed by atoms with E-state index >= 15 is 0 Å². The Morgan fingerprint density at radius 2 is 1.68 bits per heavy atom. The summed E-state index contributed by atoms with van der Waals surface area (Å²) < 4.78 is 31.5. The topological polar surface area (TPSA) is 87.2 Å². The Bertz CT molecular complexity index is 1040. The van der Waals surface area contributed by atoms with Gasteiger partial charge in [-0.15, -0.1) is 0 Å². The van der Waals surface area contributed by atoms with Gasteiger partial charge in [0.2, 0.25) is 21.8 Å². The van der Waals surface area contributed by atoms with Gasteiger partial charge in [-0.3, -0.25) is 9.59 Å². The highest BCUT2D eigenvalue weighted by atomic mass is 32.2. The van der Waals surface area contributed by atoms with E-state index in [1.807, 2.05) is 21.9 Å². The zero-order chi connectivity index (χ0) is 26.5. The molecule has 8 nitrogen and oxygen atoms in total. The van der Waals surface area contributed by atoms with Crippen LogP contribution in [0.2, 0.25) is 0 Å². The number of hydrogen-bond donors (Lipinski definition) is 0. The smallest absolute Gasteiger partial charge is 0.222 e. The Morgan fingerprint density at radius 1 is 0.973 bits per heavy atom.